The van der Waals surface area contributed by atoms with Crippen LogP contribution in [0.3, 0.4) is 0 Å². The quantitative estimate of drug-likeness (QED) is 0.258. The molecule has 0 unspecified atom stereocenters. The molecule has 1 atom stereocenters. The molecule has 192 valence electrons. The first-order valence-corrected chi connectivity index (χ1v) is 12.8. The Morgan fingerprint density at radius 3 is 2.56 bits per heavy atom. The van der Waals surface area contributed by atoms with E-state index in [9.17, 15) is 29.7 Å². The number of anilines is 1. The molecule has 36 heavy (non-hydrogen) atoms. The van der Waals surface area contributed by atoms with Crippen molar-refractivity contribution in [3.05, 3.63) is 50.4 Å². The lowest BCUT2D eigenvalue weighted by Crippen LogP contribution is -2.39. The highest BCUT2D eigenvalue weighted by Gasteiger charge is 2.23. The number of carbonyl (C=O) groups excluding carboxylic acids is 2. The zero-order valence-electron chi connectivity index (χ0n) is 19.2. The molecule has 0 bridgehead atoms. The van der Waals surface area contributed by atoms with Crippen molar-refractivity contribution in [3.63, 3.8) is 0 Å². The molecule has 2 amide bonds. The van der Waals surface area contributed by atoms with E-state index in [4.69, 9.17) is 0 Å². The van der Waals surface area contributed by atoms with Gasteiger partial charge in [0.2, 0.25) is 5.91 Å². The maximum Gasteiger partial charge on any atom is 0.305 e. The van der Waals surface area contributed by atoms with Gasteiger partial charge in [-0.15, -0.1) is 0 Å². The van der Waals surface area contributed by atoms with E-state index >= 15 is 0 Å². The van der Waals surface area contributed by atoms with Crippen molar-refractivity contribution < 1.29 is 29.7 Å². The first kappa shape index (κ1) is 27.5. The molecular formula is C24H26Br2N4O6. The average molecular weight is 626 g/mol. The van der Waals surface area contributed by atoms with Gasteiger partial charge in [-0.3, -0.25) is 19.4 Å². The van der Waals surface area contributed by atoms with Crippen LogP contribution >= 0.6 is 31.9 Å². The number of amidine groups is 1. The number of phenolic OH excluding ortho intramolecular Hbond substituents is 2. The molecule has 1 aliphatic heterocycles. The number of carboxylic acids is 1. The van der Waals surface area contributed by atoms with E-state index in [1.807, 2.05) is 0 Å². The van der Waals surface area contributed by atoms with Crippen LogP contribution in [0.5, 0.6) is 11.5 Å². The Kier molecular flexibility index (Phi) is 9.71. The first-order valence-electron chi connectivity index (χ1n) is 11.2. The minimum Gasteiger partial charge on any atom is -0.508 e. The fourth-order valence-electron chi connectivity index (χ4n) is 3.73. The molecule has 0 spiro atoms. The molecule has 0 fully saturated rings. The number of rotatable bonds is 8. The standard InChI is InChI=1S/C24H26Br2N4O6/c25-14-8-17(23(35)18(26)9-14)19(11-22(33)34)30-21(32)12-28-24(36)13-6-15(10-16(31)7-13)29-20-4-2-1-3-5-27-20/h6-10,19,31,35H,1-5,11-12H2,(H,27,29)(H,28,36)(H,30,32)(H,33,34)/t19-/m1/s1. The Bertz CT molecular complexity index is 1190. The second-order valence-corrected chi connectivity index (χ2v) is 10.0. The van der Waals surface area contributed by atoms with Crippen molar-refractivity contribution in [3.8, 4) is 11.5 Å². The summed E-state index contributed by atoms with van der Waals surface area (Å²) in [6.45, 7) is 0.275. The number of carbonyl (C=O) groups is 3. The molecule has 0 aliphatic carbocycles. The van der Waals surface area contributed by atoms with Gasteiger partial charge >= 0.3 is 5.97 Å². The minimum atomic E-state index is -1.18. The predicted octanol–water partition coefficient (Wildman–Crippen LogP) is 4.07. The molecule has 12 heteroatoms. The number of benzene rings is 2. The van der Waals surface area contributed by atoms with E-state index in [0.717, 1.165) is 38.1 Å². The second-order valence-electron chi connectivity index (χ2n) is 8.26. The number of aromatic hydroxyl groups is 2. The number of nitrogens with zero attached hydrogens (tertiary/aromatic N) is 1. The number of hydrogen-bond donors (Lipinski definition) is 6. The van der Waals surface area contributed by atoms with Crippen molar-refractivity contribution in [2.75, 3.05) is 18.4 Å². The number of carboxylic acid groups (broad SMARTS) is 1. The summed E-state index contributed by atoms with van der Waals surface area (Å²) in [6, 6.07) is 6.35. The van der Waals surface area contributed by atoms with Crippen molar-refractivity contribution >= 4 is 61.2 Å². The van der Waals surface area contributed by atoms with Crippen molar-refractivity contribution in [1.29, 1.82) is 0 Å². The molecule has 0 aromatic heterocycles. The molecule has 1 aliphatic rings. The summed E-state index contributed by atoms with van der Waals surface area (Å²) in [5.74, 6) is -1.98. The lowest BCUT2D eigenvalue weighted by Gasteiger charge is -2.20. The maximum atomic E-state index is 12.7. The molecule has 0 saturated heterocycles. The highest BCUT2D eigenvalue weighted by molar-refractivity contribution is 9.11. The van der Waals surface area contributed by atoms with Gasteiger partial charge in [0.1, 0.15) is 17.3 Å². The number of halogens is 2. The Labute approximate surface area is 224 Å². The summed E-state index contributed by atoms with van der Waals surface area (Å²) in [6.07, 6.45) is 3.41. The van der Waals surface area contributed by atoms with Crippen molar-refractivity contribution in [1.82, 2.24) is 10.6 Å². The zero-order valence-corrected chi connectivity index (χ0v) is 22.4. The molecule has 3 rings (SSSR count). The number of phenols is 2. The van der Waals surface area contributed by atoms with Crippen LogP contribution in [0.4, 0.5) is 5.69 Å². The van der Waals surface area contributed by atoms with Crippen LogP contribution in [-0.4, -0.2) is 52.0 Å². The topological polar surface area (TPSA) is 160 Å². The van der Waals surface area contributed by atoms with E-state index in [0.29, 0.717) is 14.6 Å². The number of hydrogen-bond acceptors (Lipinski definition) is 7. The Morgan fingerprint density at radius 2 is 1.81 bits per heavy atom. The predicted molar refractivity (Wildman–Crippen MR) is 141 cm³/mol. The minimum absolute atomic E-state index is 0.124. The van der Waals surface area contributed by atoms with E-state index in [2.05, 4.69) is 52.8 Å². The van der Waals surface area contributed by atoms with Crippen LogP contribution < -0.4 is 16.0 Å². The molecule has 6 N–H and O–H groups in total. The smallest absolute Gasteiger partial charge is 0.305 e. The van der Waals surface area contributed by atoms with Gasteiger partial charge in [0.05, 0.1) is 23.5 Å². The summed E-state index contributed by atoms with van der Waals surface area (Å²) >= 11 is 6.47. The fourth-order valence-corrected chi connectivity index (χ4v) is 4.99. The lowest BCUT2D eigenvalue weighted by atomic mass is 10.0. The van der Waals surface area contributed by atoms with Gasteiger partial charge in [0, 0.05) is 40.3 Å². The van der Waals surface area contributed by atoms with E-state index < -0.39 is 36.8 Å². The van der Waals surface area contributed by atoms with Gasteiger partial charge in [-0.05, 0) is 53.0 Å². The zero-order chi connectivity index (χ0) is 26.2. The monoisotopic (exact) mass is 624 g/mol. The summed E-state index contributed by atoms with van der Waals surface area (Å²) in [5.41, 5.74) is 0.834. The number of aliphatic imine (C=N–C) groups is 1. The van der Waals surface area contributed by atoms with E-state index in [-0.39, 0.29) is 22.6 Å². The SMILES string of the molecule is O=C(O)C[C@@H](NC(=O)CNC(=O)c1cc(O)cc(NC2=NCCCCC2)c1)c1cc(Br)cc(Br)c1O. The van der Waals surface area contributed by atoms with Gasteiger partial charge in [0.25, 0.3) is 5.91 Å². The van der Waals surface area contributed by atoms with Crippen LogP contribution in [0.2, 0.25) is 0 Å². The summed E-state index contributed by atoms with van der Waals surface area (Å²) < 4.78 is 0.899. The average Bonchev–Trinajstić information content (AvgIpc) is 3.07. The summed E-state index contributed by atoms with van der Waals surface area (Å²) in [7, 11) is 0. The first-order chi connectivity index (χ1) is 17.1. The Morgan fingerprint density at radius 1 is 1.03 bits per heavy atom. The maximum absolute atomic E-state index is 12.7. The third-order valence-electron chi connectivity index (χ3n) is 5.40. The number of amides is 2. The van der Waals surface area contributed by atoms with Crippen molar-refractivity contribution in [2.24, 2.45) is 4.99 Å². The molecule has 0 saturated carbocycles. The van der Waals surface area contributed by atoms with Gasteiger partial charge in [-0.25, -0.2) is 0 Å². The van der Waals surface area contributed by atoms with Crippen LogP contribution in [0.25, 0.3) is 0 Å². The van der Waals surface area contributed by atoms with Crippen LogP contribution in [0.15, 0.2) is 44.3 Å². The highest BCUT2D eigenvalue weighted by atomic mass is 79.9. The molecule has 0 radical (unpaired) electrons. The summed E-state index contributed by atoms with van der Waals surface area (Å²) in [5, 5.41) is 37.8. The third kappa shape index (κ3) is 7.95. The molecule has 10 nitrogen and oxygen atoms in total. The molecule has 2 aromatic carbocycles. The Balaban J connectivity index is 1.66. The van der Waals surface area contributed by atoms with Gasteiger partial charge in [-0.2, -0.15) is 0 Å². The molecule has 1 heterocycles. The van der Waals surface area contributed by atoms with Crippen molar-refractivity contribution in [2.45, 2.75) is 38.1 Å². The normalized spacial score (nSPS) is 14.2. The van der Waals surface area contributed by atoms with E-state index in [1.165, 1.54) is 18.2 Å². The fraction of sp³-hybridized carbons (Fsp3) is 0.333. The molecule has 2 aromatic rings. The largest absolute Gasteiger partial charge is 0.508 e. The molecular weight excluding hydrogens is 600 g/mol. The van der Waals surface area contributed by atoms with Gasteiger partial charge in [-0.1, -0.05) is 22.4 Å². The van der Waals surface area contributed by atoms with Crippen LogP contribution in [-0.2, 0) is 9.59 Å². The summed E-state index contributed by atoms with van der Waals surface area (Å²) in [4.78, 5) is 41.1. The number of nitrogens with one attached hydrogen (secondary N) is 3. The van der Waals surface area contributed by atoms with Gasteiger partial charge in [0.15, 0.2) is 0 Å². The number of aliphatic carboxylic acids is 1. The lowest BCUT2D eigenvalue weighted by molar-refractivity contribution is -0.137. The van der Waals surface area contributed by atoms with Crippen LogP contribution in [0, 0.1) is 0 Å². The highest BCUT2D eigenvalue weighted by Crippen LogP contribution is 2.36. The second kappa shape index (κ2) is 12.7. The van der Waals surface area contributed by atoms with Crippen LogP contribution in [0.1, 0.15) is 54.1 Å². The Hall–Kier alpha value is -3.12. The van der Waals surface area contributed by atoms with Gasteiger partial charge < -0.3 is 31.3 Å². The van der Waals surface area contributed by atoms with E-state index in [1.54, 1.807) is 12.1 Å². The third-order valence-corrected chi connectivity index (χ3v) is 6.46.